The molecule has 0 saturated carbocycles. The first kappa shape index (κ1) is 13.5. The molecule has 1 aliphatic rings. The lowest BCUT2D eigenvalue weighted by Gasteiger charge is -2.33. The summed E-state index contributed by atoms with van der Waals surface area (Å²) in [6.07, 6.45) is 0. The van der Waals surface area contributed by atoms with E-state index < -0.39 is 11.6 Å². The van der Waals surface area contributed by atoms with Crippen molar-refractivity contribution in [3.63, 3.8) is 0 Å². The van der Waals surface area contributed by atoms with Gasteiger partial charge in [-0.15, -0.1) is 0 Å². The molecule has 2 aromatic rings. The Bertz CT molecular complexity index is 656. The normalized spacial score (nSPS) is 16.9. The molecule has 1 aromatic heterocycles. The highest BCUT2D eigenvalue weighted by molar-refractivity contribution is 6.32. The Morgan fingerprint density at radius 2 is 1.55 bits per heavy atom. The van der Waals surface area contributed by atoms with Crippen LogP contribution in [0.1, 0.15) is 0 Å². The van der Waals surface area contributed by atoms with Gasteiger partial charge >= 0.3 is 0 Å². The average molecular weight is 299 g/mol. The SMILES string of the molecule is CN1CCN(c2nc3cc(F)c(F)cc3nc2Cl)CC1. The van der Waals surface area contributed by atoms with Crippen LogP contribution in [0.3, 0.4) is 0 Å². The second kappa shape index (κ2) is 5.10. The molecule has 1 aliphatic heterocycles. The monoisotopic (exact) mass is 298 g/mol. The highest BCUT2D eigenvalue weighted by Gasteiger charge is 2.20. The summed E-state index contributed by atoms with van der Waals surface area (Å²) >= 11 is 6.12. The Hall–Kier alpha value is -1.53. The van der Waals surface area contributed by atoms with E-state index in [1.165, 1.54) is 0 Å². The van der Waals surface area contributed by atoms with Crippen LogP contribution in [0.4, 0.5) is 14.6 Å². The molecule has 0 bridgehead atoms. The summed E-state index contributed by atoms with van der Waals surface area (Å²) < 4.78 is 26.5. The molecule has 0 amide bonds. The summed E-state index contributed by atoms with van der Waals surface area (Å²) in [7, 11) is 2.04. The Morgan fingerprint density at radius 1 is 1.00 bits per heavy atom. The third-order valence-electron chi connectivity index (χ3n) is 3.45. The number of benzene rings is 1. The van der Waals surface area contributed by atoms with E-state index in [-0.39, 0.29) is 10.7 Å². The summed E-state index contributed by atoms with van der Waals surface area (Å²) in [6, 6.07) is 2.06. The Morgan fingerprint density at radius 3 is 2.15 bits per heavy atom. The zero-order valence-electron chi connectivity index (χ0n) is 10.9. The predicted octanol–water partition coefficient (Wildman–Crippen LogP) is 2.31. The lowest BCUT2D eigenvalue weighted by atomic mass is 10.2. The number of likely N-dealkylation sites (N-methyl/N-ethyl adjacent to an activating group) is 1. The predicted molar refractivity (Wildman–Crippen MR) is 74.2 cm³/mol. The van der Waals surface area contributed by atoms with E-state index in [1.807, 2.05) is 11.9 Å². The molecule has 0 spiro atoms. The minimum absolute atomic E-state index is 0.216. The molecule has 1 fully saturated rings. The van der Waals surface area contributed by atoms with Crippen molar-refractivity contribution < 1.29 is 8.78 Å². The molecule has 1 aromatic carbocycles. The lowest BCUT2D eigenvalue weighted by Crippen LogP contribution is -2.45. The molecule has 1 saturated heterocycles. The fourth-order valence-corrected chi connectivity index (χ4v) is 2.49. The molecule has 7 heteroatoms. The number of hydrogen-bond donors (Lipinski definition) is 0. The summed E-state index contributed by atoms with van der Waals surface area (Å²) in [5.41, 5.74) is 0.564. The Balaban J connectivity index is 2.03. The quantitative estimate of drug-likeness (QED) is 0.809. The van der Waals surface area contributed by atoms with E-state index in [9.17, 15) is 8.78 Å². The molecular formula is C13H13ClF2N4. The molecule has 0 N–H and O–H groups in total. The number of piperazine rings is 1. The second-order valence-electron chi connectivity index (χ2n) is 4.88. The smallest absolute Gasteiger partial charge is 0.172 e. The van der Waals surface area contributed by atoms with Crippen molar-refractivity contribution in [3.05, 3.63) is 28.9 Å². The van der Waals surface area contributed by atoms with Gasteiger partial charge in [-0.2, -0.15) is 0 Å². The van der Waals surface area contributed by atoms with E-state index in [1.54, 1.807) is 0 Å². The van der Waals surface area contributed by atoms with Gasteiger partial charge in [0.25, 0.3) is 0 Å². The van der Waals surface area contributed by atoms with E-state index in [4.69, 9.17) is 11.6 Å². The van der Waals surface area contributed by atoms with Gasteiger partial charge in [0, 0.05) is 38.3 Å². The van der Waals surface area contributed by atoms with E-state index in [0.29, 0.717) is 11.3 Å². The first-order chi connectivity index (χ1) is 9.54. The van der Waals surface area contributed by atoms with Crippen molar-refractivity contribution in [2.24, 2.45) is 0 Å². The minimum atomic E-state index is -0.949. The van der Waals surface area contributed by atoms with E-state index in [2.05, 4.69) is 14.9 Å². The van der Waals surface area contributed by atoms with Gasteiger partial charge < -0.3 is 9.80 Å². The summed E-state index contributed by atoms with van der Waals surface area (Å²) in [5, 5.41) is 0.216. The molecule has 0 unspecified atom stereocenters. The van der Waals surface area contributed by atoms with Crippen LogP contribution in [0, 0.1) is 11.6 Å². The van der Waals surface area contributed by atoms with Gasteiger partial charge in [0.15, 0.2) is 22.6 Å². The van der Waals surface area contributed by atoms with Crippen LogP contribution in [0.15, 0.2) is 12.1 Å². The molecule has 20 heavy (non-hydrogen) atoms. The molecule has 106 valence electrons. The van der Waals surface area contributed by atoms with Crippen molar-refractivity contribution in [1.82, 2.24) is 14.9 Å². The first-order valence-corrected chi connectivity index (χ1v) is 6.68. The van der Waals surface area contributed by atoms with Gasteiger partial charge in [0.2, 0.25) is 0 Å². The maximum absolute atomic E-state index is 13.3. The van der Waals surface area contributed by atoms with Crippen molar-refractivity contribution in [2.45, 2.75) is 0 Å². The standard InChI is InChI=1S/C13H13ClF2N4/c1-19-2-4-20(5-3-19)13-12(14)17-10-6-8(15)9(16)7-11(10)18-13/h6-7H,2-5H2,1H3. The Labute approximate surface area is 120 Å². The van der Waals surface area contributed by atoms with Gasteiger partial charge in [-0.3, -0.25) is 0 Å². The summed E-state index contributed by atoms with van der Waals surface area (Å²) in [5.74, 6) is -1.35. The molecular weight excluding hydrogens is 286 g/mol. The number of fused-ring (bicyclic) bond motifs is 1. The minimum Gasteiger partial charge on any atom is -0.351 e. The third-order valence-corrected chi connectivity index (χ3v) is 3.70. The summed E-state index contributed by atoms with van der Waals surface area (Å²) in [4.78, 5) is 12.7. The van der Waals surface area contributed by atoms with Crippen molar-refractivity contribution >= 4 is 28.5 Å². The number of nitrogens with zero attached hydrogens (tertiary/aromatic N) is 4. The van der Waals surface area contributed by atoms with Gasteiger partial charge in [-0.25, -0.2) is 18.7 Å². The fourth-order valence-electron chi connectivity index (χ4n) is 2.24. The molecule has 3 rings (SSSR count). The average Bonchev–Trinajstić information content (AvgIpc) is 2.41. The maximum atomic E-state index is 13.3. The lowest BCUT2D eigenvalue weighted by molar-refractivity contribution is 0.312. The van der Waals surface area contributed by atoms with Crippen LogP contribution >= 0.6 is 11.6 Å². The number of halogens is 3. The maximum Gasteiger partial charge on any atom is 0.172 e. The van der Waals surface area contributed by atoms with Gasteiger partial charge in [0.1, 0.15) is 0 Å². The number of anilines is 1. The number of hydrogen-bond acceptors (Lipinski definition) is 4. The van der Waals surface area contributed by atoms with Gasteiger partial charge in [0.05, 0.1) is 11.0 Å². The van der Waals surface area contributed by atoms with Crippen LogP contribution in [0.2, 0.25) is 5.15 Å². The van der Waals surface area contributed by atoms with Crippen molar-refractivity contribution in [3.8, 4) is 0 Å². The molecule has 0 aliphatic carbocycles. The van der Waals surface area contributed by atoms with Crippen LogP contribution in [0.25, 0.3) is 11.0 Å². The molecule has 4 nitrogen and oxygen atoms in total. The Kier molecular flexibility index (Phi) is 3.43. The molecule has 0 atom stereocenters. The van der Waals surface area contributed by atoms with Crippen molar-refractivity contribution in [1.29, 1.82) is 0 Å². The first-order valence-electron chi connectivity index (χ1n) is 6.30. The van der Waals surface area contributed by atoms with Crippen LogP contribution in [0.5, 0.6) is 0 Å². The fraction of sp³-hybridized carbons (Fsp3) is 0.385. The molecule has 2 heterocycles. The second-order valence-corrected chi connectivity index (χ2v) is 5.24. The zero-order valence-corrected chi connectivity index (χ0v) is 11.7. The highest BCUT2D eigenvalue weighted by atomic mass is 35.5. The van der Waals surface area contributed by atoms with Crippen LogP contribution in [-0.2, 0) is 0 Å². The number of rotatable bonds is 1. The van der Waals surface area contributed by atoms with Gasteiger partial charge in [-0.1, -0.05) is 11.6 Å². The van der Waals surface area contributed by atoms with Crippen LogP contribution < -0.4 is 4.90 Å². The molecule has 0 radical (unpaired) electrons. The largest absolute Gasteiger partial charge is 0.351 e. The summed E-state index contributed by atoms with van der Waals surface area (Å²) in [6.45, 7) is 3.35. The van der Waals surface area contributed by atoms with Crippen LogP contribution in [-0.4, -0.2) is 48.1 Å². The highest BCUT2D eigenvalue weighted by Crippen LogP contribution is 2.26. The van der Waals surface area contributed by atoms with Crippen molar-refractivity contribution in [2.75, 3.05) is 38.1 Å². The number of aromatic nitrogens is 2. The van der Waals surface area contributed by atoms with E-state index >= 15 is 0 Å². The van der Waals surface area contributed by atoms with Gasteiger partial charge in [-0.05, 0) is 7.05 Å². The zero-order chi connectivity index (χ0) is 14.3. The van der Waals surface area contributed by atoms with E-state index in [0.717, 1.165) is 38.3 Å². The topological polar surface area (TPSA) is 32.3 Å². The third kappa shape index (κ3) is 2.41.